The number of thiophene rings is 1. The lowest BCUT2D eigenvalue weighted by molar-refractivity contribution is 0.149. The molecule has 1 heterocycles. The van der Waals surface area contributed by atoms with E-state index >= 15 is 0 Å². The minimum absolute atomic E-state index is 0.276. The molecule has 0 aliphatic heterocycles. The van der Waals surface area contributed by atoms with Crippen LogP contribution in [0, 0.1) is 0 Å². The third kappa shape index (κ3) is 4.16. The molecule has 0 saturated carbocycles. The summed E-state index contributed by atoms with van der Waals surface area (Å²) in [5, 5.41) is 2.14. The van der Waals surface area contributed by atoms with E-state index in [0.717, 1.165) is 13.0 Å². The fraction of sp³-hybridized carbons (Fsp3) is 0.444. The summed E-state index contributed by atoms with van der Waals surface area (Å²) in [5.41, 5.74) is 8.80. The van der Waals surface area contributed by atoms with E-state index < -0.39 is 0 Å². The predicted molar refractivity (Wildman–Crippen MR) is 92.6 cm³/mol. The van der Waals surface area contributed by atoms with Crippen LogP contribution < -0.4 is 5.73 Å². The lowest BCUT2D eigenvalue weighted by Crippen LogP contribution is -2.38. The van der Waals surface area contributed by atoms with Gasteiger partial charge in [0, 0.05) is 30.1 Å². The zero-order chi connectivity index (χ0) is 15.2. The van der Waals surface area contributed by atoms with Gasteiger partial charge in [-0.2, -0.15) is 0 Å². The summed E-state index contributed by atoms with van der Waals surface area (Å²) in [6.07, 6.45) is 1.08. The fourth-order valence-electron chi connectivity index (χ4n) is 2.67. The summed E-state index contributed by atoms with van der Waals surface area (Å²) in [6.45, 7) is 8.29. The van der Waals surface area contributed by atoms with E-state index in [2.05, 4.69) is 67.4 Å². The predicted octanol–water partition coefficient (Wildman–Crippen LogP) is 4.22. The molecule has 1 aromatic heterocycles. The summed E-state index contributed by atoms with van der Waals surface area (Å²) in [5.74, 6) is 0. The molecule has 0 aliphatic rings. The molecule has 2 aromatic rings. The number of hydrogen-bond acceptors (Lipinski definition) is 3. The molecule has 0 spiro atoms. The summed E-state index contributed by atoms with van der Waals surface area (Å²) in [7, 11) is 0. The molecule has 3 heteroatoms. The van der Waals surface area contributed by atoms with Crippen molar-refractivity contribution in [2.45, 2.75) is 45.8 Å². The zero-order valence-corrected chi connectivity index (χ0v) is 14.1. The first-order valence-electron chi connectivity index (χ1n) is 7.72. The standard InChI is InChI=1S/C18H26N2S/c1-4-15-7-9-16(10-8-15)18(12-19)20(14(2)3)13-17-6-5-11-21-17/h5-11,14,18H,4,12-13,19H2,1-3H3. The molecule has 0 fully saturated rings. The minimum Gasteiger partial charge on any atom is -0.329 e. The van der Waals surface area contributed by atoms with E-state index in [-0.39, 0.29) is 6.04 Å². The molecule has 114 valence electrons. The average molecular weight is 302 g/mol. The largest absolute Gasteiger partial charge is 0.329 e. The van der Waals surface area contributed by atoms with Crippen LogP contribution in [0.4, 0.5) is 0 Å². The molecule has 2 N–H and O–H groups in total. The Bertz CT molecular complexity index is 517. The summed E-state index contributed by atoms with van der Waals surface area (Å²) >= 11 is 1.82. The van der Waals surface area contributed by atoms with Crippen molar-refractivity contribution < 1.29 is 0 Å². The van der Waals surface area contributed by atoms with Crippen LogP contribution in [-0.2, 0) is 13.0 Å². The summed E-state index contributed by atoms with van der Waals surface area (Å²) in [6, 6.07) is 14.0. The molecule has 0 amide bonds. The second kappa shape index (κ2) is 7.74. The van der Waals surface area contributed by atoms with E-state index in [9.17, 15) is 0 Å². The molecule has 21 heavy (non-hydrogen) atoms. The molecule has 1 aromatic carbocycles. The Labute approximate surface area is 132 Å². The normalized spacial score (nSPS) is 13.0. The maximum Gasteiger partial charge on any atom is 0.0477 e. The van der Waals surface area contributed by atoms with Crippen LogP contribution in [0.15, 0.2) is 41.8 Å². The molecule has 2 nitrogen and oxygen atoms in total. The molecule has 2 rings (SSSR count). The number of benzene rings is 1. The average Bonchev–Trinajstić information content (AvgIpc) is 3.00. The number of hydrogen-bond donors (Lipinski definition) is 1. The molecule has 0 radical (unpaired) electrons. The summed E-state index contributed by atoms with van der Waals surface area (Å²) in [4.78, 5) is 3.89. The van der Waals surface area contributed by atoms with Crippen molar-refractivity contribution in [2.24, 2.45) is 5.73 Å². The first-order valence-corrected chi connectivity index (χ1v) is 8.60. The lowest BCUT2D eigenvalue weighted by atomic mass is 10.0. The van der Waals surface area contributed by atoms with Crippen LogP contribution in [-0.4, -0.2) is 17.5 Å². The van der Waals surface area contributed by atoms with Gasteiger partial charge in [0.15, 0.2) is 0 Å². The van der Waals surface area contributed by atoms with Crippen molar-refractivity contribution in [1.29, 1.82) is 0 Å². The Morgan fingerprint density at radius 3 is 2.33 bits per heavy atom. The number of nitrogens with two attached hydrogens (primary N) is 1. The van der Waals surface area contributed by atoms with E-state index in [1.807, 2.05) is 11.3 Å². The number of rotatable bonds is 7. The fourth-order valence-corrected chi connectivity index (χ4v) is 3.39. The van der Waals surface area contributed by atoms with E-state index in [1.165, 1.54) is 16.0 Å². The van der Waals surface area contributed by atoms with E-state index in [0.29, 0.717) is 12.6 Å². The quantitative estimate of drug-likeness (QED) is 0.829. The Kier molecular flexibility index (Phi) is 5.97. The van der Waals surface area contributed by atoms with Crippen LogP contribution in [0.3, 0.4) is 0 Å². The van der Waals surface area contributed by atoms with Crippen LogP contribution in [0.25, 0.3) is 0 Å². The van der Waals surface area contributed by atoms with Crippen molar-refractivity contribution >= 4 is 11.3 Å². The molecule has 0 aliphatic carbocycles. The molecular weight excluding hydrogens is 276 g/mol. The monoisotopic (exact) mass is 302 g/mol. The van der Waals surface area contributed by atoms with Crippen molar-refractivity contribution in [2.75, 3.05) is 6.54 Å². The molecular formula is C18H26N2S. The van der Waals surface area contributed by atoms with Crippen LogP contribution in [0.5, 0.6) is 0 Å². The third-order valence-corrected chi connectivity index (χ3v) is 4.84. The molecule has 0 saturated heterocycles. The van der Waals surface area contributed by atoms with Crippen LogP contribution >= 0.6 is 11.3 Å². The zero-order valence-electron chi connectivity index (χ0n) is 13.3. The highest BCUT2D eigenvalue weighted by Gasteiger charge is 2.22. The molecule has 1 unspecified atom stereocenters. The Morgan fingerprint density at radius 1 is 1.14 bits per heavy atom. The smallest absolute Gasteiger partial charge is 0.0477 e. The van der Waals surface area contributed by atoms with Gasteiger partial charge >= 0.3 is 0 Å². The van der Waals surface area contributed by atoms with Gasteiger partial charge in [-0.1, -0.05) is 37.3 Å². The molecule has 1 atom stereocenters. The highest BCUT2D eigenvalue weighted by molar-refractivity contribution is 7.09. The Balaban J connectivity index is 2.21. The third-order valence-electron chi connectivity index (χ3n) is 3.98. The van der Waals surface area contributed by atoms with Gasteiger partial charge in [-0.05, 0) is 42.8 Å². The van der Waals surface area contributed by atoms with Crippen LogP contribution in [0.1, 0.15) is 42.8 Å². The van der Waals surface area contributed by atoms with Crippen molar-refractivity contribution in [3.8, 4) is 0 Å². The van der Waals surface area contributed by atoms with Gasteiger partial charge in [-0.3, -0.25) is 4.90 Å². The van der Waals surface area contributed by atoms with E-state index in [4.69, 9.17) is 5.73 Å². The van der Waals surface area contributed by atoms with E-state index in [1.54, 1.807) is 0 Å². The topological polar surface area (TPSA) is 29.3 Å². The maximum absolute atomic E-state index is 6.10. The van der Waals surface area contributed by atoms with Crippen molar-refractivity contribution in [3.05, 3.63) is 57.8 Å². The number of nitrogens with zero attached hydrogens (tertiary/aromatic N) is 1. The van der Waals surface area contributed by atoms with Crippen molar-refractivity contribution in [3.63, 3.8) is 0 Å². The van der Waals surface area contributed by atoms with Gasteiger partial charge < -0.3 is 5.73 Å². The highest BCUT2D eigenvalue weighted by atomic mass is 32.1. The van der Waals surface area contributed by atoms with Gasteiger partial charge in [0.05, 0.1) is 0 Å². The first-order chi connectivity index (χ1) is 10.2. The van der Waals surface area contributed by atoms with Crippen molar-refractivity contribution in [1.82, 2.24) is 4.90 Å². The Hall–Kier alpha value is -1.16. The first kappa shape index (κ1) is 16.2. The second-order valence-corrected chi connectivity index (χ2v) is 6.72. The number of aryl methyl sites for hydroxylation is 1. The van der Waals surface area contributed by atoms with Gasteiger partial charge in [0.2, 0.25) is 0 Å². The van der Waals surface area contributed by atoms with Gasteiger partial charge in [-0.15, -0.1) is 11.3 Å². The lowest BCUT2D eigenvalue weighted by Gasteiger charge is -2.34. The highest BCUT2D eigenvalue weighted by Crippen LogP contribution is 2.26. The Morgan fingerprint density at radius 2 is 1.86 bits per heavy atom. The minimum atomic E-state index is 0.276. The van der Waals surface area contributed by atoms with Gasteiger partial charge in [0.25, 0.3) is 0 Å². The van der Waals surface area contributed by atoms with Gasteiger partial charge in [0.1, 0.15) is 0 Å². The second-order valence-electron chi connectivity index (χ2n) is 5.69. The SMILES string of the molecule is CCc1ccc(C(CN)N(Cc2cccs2)C(C)C)cc1. The van der Waals surface area contributed by atoms with Gasteiger partial charge in [-0.25, -0.2) is 0 Å². The summed E-state index contributed by atoms with van der Waals surface area (Å²) < 4.78 is 0. The van der Waals surface area contributed by atoms with Crippen LogP contribution in [0.2, 0.25) is 0 Å². The molecule has 0 bridgehead atoms. The maximum atomic E-state index is 6.10.